The zero-order chi connectivity index (χ0) is 14.2. The number of benzene rings is 1. The zero-order valence-corrected chi connectivity index (χ0v) is 11.4. The molecule has 0 spiro atoms. The van der Waals surface area contributed by atoms with Crippen molar-refractivity contribution in [2.75, 3.05) is 11.5 Å². The average Bonchev–Trinajstić information content (AvgIpc) is 2.77. The molecule has 1 aromatic carbocycles. The molecule has 1 aliphatic rings. The van der Waals surface area contributed by atoms with Crippen molar-refractivity contribution in [3.63, 3.8) is 0 Å². The van der Waals surface area contributed by atoms with Gasteiger partial charge in [0, 0.05) is 11.4 Å². The number of amides is 1. The lowest BCUT2D eigenvalue weighted by molar-refractivity contribution is 0.0938. The van der Waals surface area contributed by atoms with E-state index in [1.807, 2.05) is 12.1 Å². The number of nitrogens with zero attached hydrogens (tertiary/aromatic N) is 2. The average molecular weight is 291 g/mol. The third-order valence-electron chi connectivity index (χ3n) is 3.33. The van der Waals surface area contributed by atoms with E-state index >= 15 is 0 Å². The molecule has 0 bridgehead atoms. The molecule has 0 saturated carbocycles. The Labute approximate surface area is 116 Å². The summed E-state index contributed by atoms with van der Waals surface area (Å²) < 4.78 is 22.8. The maximum atomic E-state index is 12.2. The molecule has 20 heavy (non-hydrogen) atoms. The van der Waals surface area contributed by atoms with Crippen molar-refractivity contribution >= 4 is 26.6 Å². The van der Waals surface area contributed by atoms with Crippen molar-refractivity contribution < 1.29 is 13.2 Å². The number of nitrogens with one attached hydrogen (secondary N) is 1. The molecule has 104 valence electrons. The van der Waals surface area contributed by atoms with Gasteiger partial charge in [-0.25, -0.2) is 18.4 Å². The summed E-state index contributed by atoms with van der Waals surface area (Å²) in [5, 5.41) is 3.40. The lowest BCUT2D eigenvalue weighted by Gasteiger charge is -2.11. The number of hydrogen-bond acceptors (Lipinski definition) is 5. The summed E-state index contributed by atoms with van der Waals surface area (Å²) in [4.78, 5) is 20.3. The van der Waals surface area contributed by atoms with Gasteiger partial charge in [0.2, 0.25) is 0 Å². The molecule has 0 aliphatic carbocycles. The van der Waals surface area contributed by atoms with Gasteiger partial charge in [0.15, 0.2) is 9.84 Å². The van der Waals surface area contributed by atoms with E-state index in [4.69, 9.17) is 0 Å². The first-order valence-electron chi connectivity index (χ1n) is 6.26. The Morgan fingerprint density at radius 1 is 1.25 bits per heavy atom. The first-order chi connectivity index (χ1) is 9.55. The molecular weight excluding hydrogens is 278 g/mol. The van der Waals surface area contributed by atoms with Crippen LogP contribution in [-0.4, -0.2) is 41.8 Å². The lowest BCUT2D eigenvalue weighted by atomic mass is 10.1. The summed E-state index contributed by atoms with van der Waals surface area (Å²) in [5.41, 5.74) is 0.964. The highest BCUT2D eigenvalue weighted by Crippen LogP contribution is 2.16. The van der Waals surface area contributed by atoms with E-state index in [0.717, 1.165) is 0 Å². The fraction of sp³-hybridized carbons (Fsp3) is 0.308. The van der Waals surface area contributed by atoms with Crippen LogP contribution in [0.25, 0.3) is 10.9 Å². The highest BCUT2D eigenvalue weighted by Gasteiger charge is 2.29. The molecule has 1 saturated heterocycles. The Morgan fingerprint density at radius 3 is 2.80 bits per heavy atom. The molecule has 1 atom stereocenters. The number of sulfone groups is 1. The molecule has 1 aliphatic heterocycles. The highest BCUT2D eigenvalue weighted by molar-refractivity contribution is 7.91. The normalized spacial score (nSPS) is 20.9. The number of fused-ring (bicyclic) bond motifs is 1. The third kappa shape index (κ3) is 2.49. The van der Waals surface area contributed by atoms with E-state index in [9.17, 15) is 13.2 Å². The molecule has 1 fully saturated rings. The molecule has 1 aromatic heterocycles. The quantitative estimate of drug-likeness (QED) is 0.872. The SMILES string of the molecule is O=C(NC1CCS(=O)(=O)C1)c1ncnc2ccccc12. The predicted octanol–water partition coefficient (Wildman–Crippen LogP) is 0.547. The first-order valence-corrected chi connectivity index (χ1v) is 8.08. The summed E-state index contributed by atoms with van der Waals surface area (Å²) >= 11 is 0. The van der Waals surface area contributed by atoms with Gasteiger partial charge in [-0.3, -0.25) is 4.79 Å². The molecule has 6 nitrogen and oxygen atoms in total. The smallest absolute Gasteiger partial charge is 0.270 e. The van der Waals surface area contributed by atoms with Crippen LogP contribution in [0, 0.1) is 0 Å². The van der Waals surface area contributed by atoms with Crippen LogP contribution in [-0.2, 0) is 9.84 Å². The van der Waals surface area contributed by atoms with Crippen molar-refractivity contribution in [1.82, 2.24) is 15.3 Å². The summed E-state index contributed by atoms with van der Waals surface area (Å²) in [5.74, 6) is -0.227. The molecule has 1 unspecified atom stereocenters. The van der Waals surface area contributed by atoms with Gasteiger partial charge < -0.3 is 5.32 Å². The molecule has 3 rings (SSSR count). The first kappa shape index (κ1) is 13.0. The second-order valence-electron chi connectivity index (χ2n) is 4.81. The Bertz CT molecular complexity index is 768. The molecular formula is C13H13N3O3S. The minimum absolute atomic E-state index is 0.00174. The van der Waals surface area contributed by atoms with Crippen molar-refractivity contribution in [3.05, 3.63) is 36.3 Å². The summed E-state index contributed by atoms with van der Waals surface area (Å²) in [6.45, 7) is 0. The topological polar surface area (TPSA) is 89.0 Å². The van der Waals surface area contributed by atoms with Crippen molar-refractivity contribution in [1.29, 1.82) is 0 Å². The minimum Gasteiger partial charge on any atom is -0.347 e. The van der Waals surface area contributed by atoms with Crippen LogP contribution in [0.5, 0.6) is 0 Å². The zero-order valence-electron chi connectivity index (χ0n) is 10.6. The van der Waals surface area contributed by atoms with Gasteiger partial charge in [-0.05, 0) is 12.5 Å². The van der Waals surface area contributed by atoms with E-state index in [-0.39, 0.29) is 29.1 Å². The van der Waals surface area contributed by atoms with Gasteiger partial charge >= 0.3 is 0 Å². The Hall–Kier alpha value is -2.02. The molecule has 1 N–H and O–H groups in total. The Morgan fingerprint density at radius 2 is 2.05 bits per heavy atom. The van der Waals surface area contributed by atoms with E-state index in [0.29, 0.717) is 17.3 Å². The molecule has 1 amide bonds. The molecule has 2 aromatic rings. The molecule has 0 radical (unpaired) electrons. The van der Waals surface area contributed by atoms with Crippen LogP contribution in [0.4, 0.5) is 0 Å². The third-order valence-corrected chi connectivity index (χ3v) is 5.09. The highest BCUT2D eigenvalue weighted by atomic mass is 32.2. The van der Waals surface area contributed by atoms with Gasteiger partial charge in [0.1, 0.15) is 12.0 Å². The molecule has 7 heteroatoms. The van der Waals surface area contributed by atoms with Gasteiger partial charge in [-0.1, -0.05) is 18.2 Å². The van der Waals surface area contributed by atoms with Crippen molar-refractivity contribution in [2.45, 2.75) is 12.5 Å². The van der Waals surface area contributed by atoms with Crippen LogP contribution >= 0.6 is 0 Å². The molecule has 2 heterocycles. The largest absolute Gasteiger partial charge is 0.347 e. The van der Waals surface area contributed by atoms with Gasteiger partial charge in [-0.15, -0.1) is 0 Å². The second-order valence-corrected chi connectivity index (χ2v) is 7.04. The van der Waals surface area contributed by atoms with Gasteiger partial charge in [0.25, 0.3) is 5.91 Å². The second kappa shape index (κ2) is 4.82. The van der Waals surface area contributed by atoms with E-state index in [1.165, 1.54) is 6.33 Å². The van der Waals surface area contributed by atoms with Crippen molar-refractivity contribution in [2.24, 2.45) is 0 Å². The summed E-state index contributed by atoms with van der Waals surface area (Å²) in [6, 6.07) is 6.88. The maximum Gasteiger partial charge on any atom is 0.270 e. The van der Waals surface area contributed by atoms with E-state index < -0.39 is 9.84 Å². The number of rotatable bonds is 2. The minimum atomic E-state index is -3.01. The van der Waals surface area contributed by atoms with Gasteiger partial charge in [0.05, 0.1) is 17.0 Å². The fourth-order valence-electron chi connectivity index (χ4n) is 2.35. The number of para-hydroxylation sites is 1. The summed E-state index contributed by atoms with van der Waals surface area (Å²) in [7, 11) is -3.01. The van der Waals surface area contributed by atoms with Crippen LogP contribution < -0.4 is 5.32 Å². The monoisotopic (exact) mass is 291 g/mol. The number of carbonyl (C=O) groups excluding carboxylic acids is 1. The Balaban J connectivity index is 1.86. The van der Waals surface area contributed by atoms with Crippen molar-refractivity contribution in [3.8, 4) is 0 Å². The van der Waals surface area contributed by atoms with Crippen LogP contribution in [0.3, 0.4) is 0 Å². The summed E-state index contributed by atoms with van der Waals surface area (Å²) in [6.07, 6.45) is 1.79. The number of hydrogen-bond donors (Lipinski definition) is 1. The van der Waals surface area contributed by atoms with Crippen LogP contribution in [0.2, 0.25) is 0 Å². The van der Waals surface area contributed by atoms with Crippen LogP contribution in [0.15, 0.2) is 30.6 Å². The predicted molar refractivity (Wildman–Crippen MR) is 74.1 cm³/mol. The maximum absolute atomic E-state index is 12.2. The fourth-order valence-corrected chi connectivity index (χ4v) is 4.02. The van der Waals surface area contributed by atoms with E-state index in [1.54, 1.807) is 12.1 Å². The number of aromatic nitrogens is 2. The number of carbonyl (C=O) groups is 1. The van der Waals surface area contributed by atoms with Crippen LogP contribution in [0.1, 0.15) is 16.9 Å². The standard InChI is InChI=1S/C13H13N3O3S/c17-13(16-9-5-6-20(18,19)7-9)12-10-3-1-2-4-11(10)14-8-15-12/h1-4,8-9H,5-7H2,(H,16,17). The van der Waals surface area contributed by atoms with E-state index in [2.05, 4.69) is 15.3 Å². The lowest BCUT2D eigenvalue weighted by Crippen LogP contribution is -2.36. The van der Waals surface area contributed by atoms with Gasteiger partial charge in [-0.2, -0.15) is 0 Å². The Kier molecular flexibility index (Phi) is 3.13.